The van der Waals surface area contributed by atoms with Gasteiger partial charge in [-0.05, 0) is 50.3 Å². The van der Waals surface area contributed by atoms with Crippen molar-refractivity contribution in [3.8, 4) is 11.3 Å². The summed E-state index contributed by atoms with van der Waals surface area (Å²) in [6.45, 7) is 2.53. The smallest absolute Gasteiger partial charge is 0.271 e. The third kappa shape index (κ3) is 4.61. The van der Waals surface area contributed by atoms with Crippen molar-refractivity contribution in [2.24, 2.45) is 7.05 Å². The molecule has 0 aliphatic heterocycles. The van der Waals surface area contributed by atoms with Gasteiger partial charge in [0, 0.05) is 18.6 Å². The summed E-state index contributed by atoms with van der Waals surface area (Å²) in [6.07, 6.45) is 0. The van der Waals surface area contributed by atoms with Crippen molar-refractivity contribution in [1.29, 1.82) is 0 Å². The maximum Gasteiger partial charge on any atom is 0.271 e. The van der Waals surface area contributed by atoms with Gasteiger partial charge in [0.15, 0.2) is 5.69 Å². The maximum absolute atomic E-state index is 12.7. The van der Waals surface area contributed by atoms with Crippen LogP contribution in [0.1, 0.15) is 27.7 Å². The fraction of sp³-hybridized carbons (Fsp3) is 0.273. The van der Waals surface area contributed by atoms with Crippen molar-refractivity contribution in [2.75, 3.05) is 20.6 Å². The zero-order valence-electron chi connectivity index (χ0n) is 16.6. The third-order valence-corrected chi connectivity index (χ3v) is 5.05. The standard InChI is InChI=1S/C22H25ClN4O/c1-15-5-7-16(8-6-15)20-13-19(25-27(20)4)22(28)24-14-21(26(2)3)17-9-11-18(23)12-10-17/h5-13,21H,14H2,1-4H3,(H,24,28). The fourth-order valence-electron chi connectivity index (χ4n) is 3.14. The minimum atomic E-state index is -0.185. The SMILES string of the molecule is Cc1ccc(-c2cc(C(=O)NCC(c3ccc(Cl)cc3)N(C)C)nn2C)cc1. The molecule has 2 aromatic carbocycles. The van der Waals surface area contributed by atoms with Crippen LogP contribution in [0.25, 0.3) is 11.3 Å². The second-order valence-corrected chi connectivity index (χ2v) is 7.58. The van der Waals surface area contributed by atoms with Crippen LogP contribution >= 0.6 is 11.6 Å². The molecule has 0 radical (unpaired) electrons. The summed E-state index contributed by atoms with van der Waals surface area (Å²) in [5.41, 5.74) is 4.64. The Kier molecular flexibility index (Phi) is 6.17. The summed E-state index contributed by atoms with van der Waals surface area (Å²) in [4.78, 5) is 14.8. The van der Waals surface area contributed by atoms with Crippen LogP contribution < -0.4 is 5.32 Å². The van der Waals surface area contributed by atoms with E-state index in [1.807, 2.05) is 70.5 Å². The van der Waals surface area contributed by atoms with Gasteiger partial charge >= 0.3 is 0 Å². The molecule has 1 unspecified atom stereocenters. The molecule has 1 N–H and O–H groups in total. The molecule has 5 nitrogen and oxygen atoms in total. The largest absolute Gasteiger partial charge is 0.349 e. The van der Waals surface area contributed by atoms with Crippen LogP contribution in [0.3, 0.4) is 0 Å². The molecular weight excluding hydrogens is 372 g/mol. The Morgan fingerprint density at radius 2 is 1.79 bits per heavy atom. The zero-order valence-corrected chi connectivity index (χ0v) is 17.4. The Labute approximate surface area is 170 Å². The summed E-state index contributed by atoms with van der Waals surface area (Å²) in [5, 5.41) is 8.09. The van der Waals surface area contributed by atoms with Crippen molar-refractivity contribution in [3.05, 3.63) is 76.4 Å². The summed E-state index contributed by atoms with van der Waals surface area (Å²) < 4.78 is 1.74. The molecule has 0 saturated heterocycles. The lowest BCUT2D eigenvalue weighted by Gasteiger charge is -2.25. The Morgan fingerprint density at radius 3 is 2.39 bits per heavy atom. The van der Waals surface area contributed by atoms with Crippen LogP contribution in [-0.2, 0) is 7.05 Å². The molecule has 6 heteroatoms. The van der Waals surface area contributed by atoms with E-state index < -0.39 is 0 Å². The van der Waals surface area contributed by atoms with Crippen LogP contribution in [-0.4, -0.2) is 41.2 Å². The number of nitrogens with zero attached hydrogens (tertiary/aromatic N) is 3. The average Bonchev–Trinajstić information content (AvgIpc) is 3.05. The summed E-state index contributed by atoms with van der Waals surface area (Å²) in [6, 6.07) is 17.7. The van der Waals surface area contributed by atoms with Gasteiger partial charge in [0.2, 0.25) is 0 Å². The number of rotatable bonds is 6. The lowest BCUT2D eigenvalue weighted by molar-refractivity contribution is 0.0936. The van der Waals surface area contributed by atoms with Crippen molar-refractivity contribution in [2.45, 2.75) is 13.0 Å². The normalized spacial score (nSPS) is 12.2. The Morgan fingerprint density at radius 1 is 1.14 bits per heavy atom. The number of halogens is 1. The second-order valence-electron chi connectivity index (χ2n) is 7.15. The first-order valence-electron chi connectivity index (χ1n) is 9.16. The zero-order chi connectivity index (χ0) is 20.3. The maximum atomic E-state index is 12.7. The summed E-state index contributed by atoms with van der Waals surface area (Å²) in [5.74, 6) is -0.185. The van der Waals surface area contributed by atoms with Crippen molar-refractivity contribution < 1.29 is 4.79 Å². The average molecular weight is 397 g/mol. The fourth-order valence-corrected chi connectivity index (χ4v) is 3.26. The number of amides is 1. The molecule has 0 spiro atoms. The van der Waals surface area contributed by atoms with Crippen molar-refractivity contribution >= 4 is 17.5 Å². The number of nitrogens with one attached hydrogen (secondary N) is 1. The van der Waals surface area contributed by atoms with Gasteiger partial charge in [0.05, 0.1) is 11.7 Å². The number of aryl methyl sites for hydroxylation is 2. The molecule has 28 heavy (non-hydrogen) atoms. The molecule has 3 aromatic rings. The van der Waals surface area contributed by atoms with E-state index in [0.29, 0.717) is 17.3 Å². The number of hydrogen-bond acceptors (Lipinski definition) is 3. The van der Waals surface area contributed by atoms with Gasteiger partial charge in [-0.2, -0.15) is 5.10 Å². The molecule has 0 fully saturated rings. The Hall–Kier alpha value is -2.63. The van der Waals surface area contributed by atoms with Gasteiger partial charge in [-0.15, -0.1) is 0 Å². The van der Waals surface area contributed by atoms with E-state index in [9.17, 15) is 4.79 Å². The molecule has 1 atom stereocenters. The highest BCUT2D eigenvalue weighted by molar-refractivity contribution is 6.30. The van der Waals surface area contributed by atoms with E-state index >= 15 is 0 Å². The molecule has 3 rings (SSSR count). The highest BCUT2D eigenvalue weighted by atomic mass is 35.5. The number of aromatic nitrogens is 2. The number of carbonyl (C=O) groups excluding carboxylic acids is 1. The minimum absolute atomic E-state index is 0.0431. The molecule has 0 bridgehead atoms. The summed E-state index contributed by atoms with van der Waals surface area (Å²) >= 11 is 5.99. The first-order valence-corrected chi connectivity index (χ1v) is 9.54. The third-order valence-electron chi connectivity index (χ3n) is 4.79. The van der Waals surface area contributed by atoms with Crippen molar-refractivity contribution in [1.82, 2.24) is 20.0 Å². The van der Waals surface area contributed by atoms with Gasteiger partial charge in [-0.25, -0.2) is 0 Å². The first kappa shape index (κ1) is 20.1. The van der Waals surface area contributed by atoms with Gasteiger partial charge in [-0.3, -0.25) is 9.48 Å². The van der Waals surface area contributed by atoms with Gasteiger partial charge in [-0.1, -0.05) is 53.6 Å². The van der Waals surface area contributed by atoms with E-state index in [0.717, 1.165) is 16.8 Å². The molecular formula is C22H25ClN4O. The number of likely N-dealkylation sites (N-methyl/N-ethyl adjacent to an activating group) is 1. The first-order chi connectivity index (χ1) is 13.3. The van der Waals surface area contributed by atoms with E-state index in [1.54, 1.807) is 4.68 Å². The van der Waals surface area contributed by atoms with Crippen LogP contribution in [0.15, 0.2) is 54.6 Å². The highest BCUT2D eigenvalue weighted by Gasteiger charge is 2.18. The van der Waals surface area contributed by atoms with Gasteiger partial charge in [0.25, 0.3) is 5.91 Å². The van der Waals surface area contributed by atoms with Crippen LogP contribution in [0, 0.1) is 6.92 Å². The predicted octanol–water partition coefficient (Wildman–Crippen LogP) is 4.08. The van der Waals surface area contributed by atoms with E-state index in [-0.39, 0.29) is 11.9 Å². The molecule has 0 saturated carbocycles. The number of carbonyl (C=O) groups is 1. The lowest BCUT2D eigenvalue weighted by atomic mass is 10.1. The van der Waals surface area contributed by atoms with Crippen LogP contribution in [0.2, 0.25) is 5.02 Å². The van der Waals surface area contributed by atoms with E-state index in [2.05, 4.69) is 27.4 Å². The van der Waals surface area contributed by atoms with Crippen LogP contribution in [0.5, 0.6) is 0 Å². The lowest BCUT2D eigenvalue weighted by Crippen LogP contribution is -2.34. The van der Waals surface area contributed by atoms with Crippen molar-refractivity contribution in [3.63, 3.8) is 0 Å². The van der Waals surface area contributed by atoms with E-state index in [1.165, 1.54) is 5.56 Å². The number of hydrogen-bond donors (Lipinski definition) is 1. The number of benzene rings is 2. The van der Waals surface area contributed by atoms with Gasteiger partial charge in [0.1, 0.15) is 0 Å². The molecule has 0 aliphatic rings. The van der Waals surface area contributed by atoms with Crippen LogP contribution in [0.4, 0.5) is 0 Å². The topological polar surface area (TPSA) is 50.2 Å². The molecule has 146 valence electrons. The Bertz CT molecular complexity index is 946. The monoisotopic (exact) mass is 396 g/mol. The highest BCUT2D eigenvalue weighted by Crippen LogP contribution is 2.22. The minimum Gasteiger partial charge on any atom is -0.349 e. The second kappa shape index (κ2) is 8.59. The molecule has 1 aromatic heterocycles. The quantitative estimate of drug-likeness (QED) is 0.683. The predicted molar refractivity (Wildman–Crippen MR) is 114 cm³/mol. The molecule has 1 amide bonds. The van der Waals surface area contributed by atoms with E-state index in [4.69, 9.17) is 11.6 Å². The Balaban J connectivity index is 1.73. The van der Waals surface area contributed by atoms with Gasteiger partial charge < -0.3 is 10.2 Å². The molecule has 0 aliphatic carbocycles. The summed E-state index contributed by atoms with van der Waals surface area (Å²) in [7, 11) is 5.83. The molecule has 1 heterocycles.